The second-order valence-corrected chi connectivity index (χ2v) is 4.79. The molecule has 18 heavy (non-hydrogen) atoms. The summed E-state index contributed by atoms with van der Waals surface area (Å²) in [6, 6.07) is 6.33. The Morgan fingerprint density at radius 1 is 1.22 bits per heavy atom. The molecule has 0 aliphatic rings. The van der Waals surface area contributed by atoms with Gasteiger partial charge in [0.15, 0.2) is 0 Å². The fraction of sp³-hybridized carbons (Fsp3) is 0.357. The van der Waals surface area contributed by atoms with Gasteiger partial charge in [0.05, 0.1) is 11.7 Å². The number of nitrogens with zero attached hydrogens (tertiary/aromatic N) is 2. The van der Waals surface area contributed by atoms with E-state index in [9.17, 15) is 0 Å². The van der Waals surface area contributed by atoms with Crippen LogP contribution in [0.5, 0.6) is 0 Å². The molecule has 0 fully saturated rings. The Morgan fingerprint density at radius 3 is 2.28 bits per heavy atom. The van der Waals surface area contributed by atoms with E-state index < -0.39 is 0 Å². The highest BCUT2D eigenvalue weighted by molar-refractivity contribution is 5.42. The number of hydrogen-bond donors (Lipinski definition) is 2. The zero-order valence-electron chi connectivity index (χ0n) is 11.4. The molecule has 3 N–H and O–H groups in total. The molecule has 1 aromatic heterocycles. The van der Waals surface area contributed by atoms with Crippen molar-refractivity contribution < 1.29 is 0 Å². The second kappa shape index (κ2) is 4.92. The van der Waals surface area contributed by atoms with Crippen LogP contribution in [0.3, 0.4) is 0 Å². The number of hydrazine groups is 1. The van der Waals surface area contributed by atoms with Crippen molar-refractivity contribution in [2.24, 2.45) is 12.9 Å². The Bertz CT molecular complexity index is 534. The molecule has 0 saturated heterocycles. The SMILES string of the molecule is Cc1cc(C)c(C(NN)c2ccnn2C)c(C)c1. The molecule has 1 aromatic carbocycles. The molecule has 96 valence electrons. The van der Waals surface area contributed by atoms with E-state index in [2.05, 4.69) is 43.4 Å². The number of hydrogen-bond acceptors (Lipinski definition) is 3. The first-order valence-electron chi connectivity index (χ1n) is 6.06. The van der Waals surface area contributed by atoms with Crippen molar-refractivity contribution in [3.8, 4) is 0 Å². The largest absolute Gasteiger partial charge is 0.271 e. The van der Waals surface area contributed by atoms with E-state index in [1.54, 1.807) is 6.20 Å². The van der Waals surface area contributed by atoms with Crippen molar-refractivity contribution >= 4 is 0 Å². The van der Waals surface area contributed by atoms with Crippen LogP contribution in [0.1, 0.15) is 34.0 Å². The highest BCUT2D eigenvalue weighted by Gasteiger charge is 2.19. The van der Waals surface area contributed by atoms with Crippen molar-refractivity contribution in [3.05, 3.63) is 52.3 Å². The number of benzene rings is 1. The number of nitrogens with two attached hydrogens (primary N) is 1. The van der Waals surface area contributed by atoms with E-state index in [-0.39, 0.29) is 6.04 Å². The normalized spacial score (nSPS) is 12.7. The lowest BCUT2D eigenvalue weighted by atomic mass is 9.92. The Morgan fingerprint density at radius 2 is 1.83 bits per heavy atom. The first kappa shape index (κ1) is 12.8. The summed E-state index contributed by atoms with van der Waals surface area (Å²) in [4.78, 5) is 0. The lowest BCUT2D eigenvalue weighted by Crippen LogP contribution is -2.31. The summed E-state index contributed by atoms with van der Waals surface area (Å²) in [5.74, 6) is 5.75. The molecule has 0 saturated carbocycles. The molecule has 4 heteroatoms. The molecule has 0 aliphatic heterocycles. The third kappa shape index (κ3) is 2.17. The van der Waals surface area contributed by atoms with Gasteiger partial charge in [-0.3, -0.25) is 10.5 Å². The smallest absolute Gasteiger partial charge is 0.0883 e. The predicted octanol–water partition coefficient (Wildman–Crippen LogP) is 1.90. The van der Waals surface area contributed by atoms with Crippen LogP contribution >= 0.6 is 0 Å². The second-order valence-electron chi connectivity index (χ2n) is 4.79. The summed E-state index contributed by atoms with van der Waals surface area (Å²) < 4.78 is 1.85. The lowest BCUT2D eigenvalue weighted by Gasteiger charge is -2.21. The van der Waals surface area contributed by atoms with Crippen LogP contribution in [-0.4, -0.2) is 9.78 Å². The van der Waals surface area contributed by atoms with Crippen LogP contribution < -0.4 is 11.3 Å². The quantitative estimate of drug-likeness (QED) is 0.640. The fourth-order valence-corrected chi connectivity index (χ4v) is 2.63. The average molecular weight is 244 g/mol. The monoisotopic (exact) mass is 244 g/mol. The number of nitrogens with one attached hydrogen (secondary N) is 1. The van der Waals surface area contributed by atoms with Crippen LogP contribution in [-0.2, 0) is 7.05 Å². The van der Waals surface area contributed by atoms with Gasteiger partial charge in [-0.2, -0.15) is 5.10 Å². The number of aromatic nitrogens is 2. The lowest BCUT2D eigenvalue weighted by molar-refractivity contribution is 0.570. The first-order chi connectivity index (χ1) is 8.54. The number of rotatable bonds is 3. The standard InChI is InChI=1S/C14H20N4/c1-9-7-10(2)13(11(3)8-9)14(17-15)12-5-6-16-18(12)4/h5-8,14,17H,15H2,1-4H3. The molecule has 0 amide bonds. The van der Waals surface area contributed by atoms with E-state index in [0.717, 1.165) is 5.69 Å². The van der Waals surface area contributed by atoms with Crippen molar-refractivity contribution in [3.63, 3.8) is 0 Å². The van der Waals surface area contributed by atoms with Gasteiger partial charge in [-0.05, 0) is 43.5 Å². The minimum Gasteiger partial charge on any atom is -0.271 e. The minimum absolute atomic E-state index is 0.0295. The maximum absolute atomic E-state index is 5.75. The van der Waals surface area contributed by atoms with Gasteiger partial charge in [-0.1, -0.05) is 17.7 Å². The Labute approximate surface area is 108 Å². The van der Waals surface area contributed by atoms with Gasteiger partial charge in [-0.15, -0.1) is 0 Å². The van der Waals surface area contributed by atoms with Gasteiger partial charge >= 0.3 is 0 Å². The van der Waals surface area contributed by atoms with Gasteiger partial charge in [-0.25, -0.2) is 5.43 Å². The summed E-state index contributed by atoms with van der Waals surface area (Å²) in [7, 11) is 1.93. The summed E-state index contributed by atoms with van der Waals surface area (Å²) >= 11 is 0. The van der Waals surface area contributed by atoms with Crippen molar-refractivity contribution in [2.45, 2.75) is 26.8 Å². The van der Waals surface area contributed by atoms with E-state index >= 15 is 0 Å². The first-order valence-corrected chi connectivity index (χ1v) is 6.06. The topological polar surface area (TPSA) is 55.9 Å². The molecule has 0 bridgehead atoms. The number of aryl methyl sites for hydroxylation is 4. The zero-order chi connectivity index (χ0) is 13.3. The van der Waals surface area contributed by atoms with Gasteiger partial charge in [0.2, 0.25) is 0 Å². The van der Waals surface area contributed by atoms with Gasteiger partial charge in [0, 0.05) is 13.2 Å². The molecule has 1 heterocycles. The van der Waals surface area contributed by atoms with Gasteiger partial charge in [0.1, 0.15) is 0 Å². The van der Waals surface area contributed by atoms with Crippen molar-refractivity contribution in [1.82, 2.24) is 15.2 Å². The molecule has 2 rings (SSSR count). The van der Waals surface area contributed by atoms with E-state index in [0.29, 0.717) is 0 Å². The Hall–Kier alpha value is -1.65. The fourth-order valence-electron chi connectivity index (χ4n) is 2.63. The van der Waals surface area contributed by atoms with E-state index in [1.165, 1.54) is 22.3 Å². The Balaban J connectivity index is 2.56. The minimum atomic E-state index is -0.0295. The Kier molecular flexibility index (Phi) is 3.50. The third-order valence-corrected chi connectivity index (χ3v) is 3.35. The molecule has 2 aromatic rings. The molecule has 0 radical (unpaired) electrons. The molecule has 0 aliphatic carbocycles. The summed E-state index contributed by atoms with van der Waals surface area (Å²) in [6.45, 7) is 6.35. The summed E-state index contributed by atoms with van der Waals surface area (Å²) in [6.07, 6.45) is 1.79. The van der Waals surface area contributed by atoms with Gasteiger partial charge < -0.3 is 0 Å². The molecular weight excluding hydrogens is 224 g/mol. The van der Waals surface area contributed by atoms with E-state index in [1.807, 2.05) is 17.8 Å². The molecular formula is C14H20N4. The summed E-state index contributed by atoms with van der Waals surface area (Å²) in [5, 5.41) is 4.21. The van der Waals surface area contributed by atoms with Crippen LogP contribution in [0.25, 0.3) is 0 Å². The molecule has 4 nitrogen and oxygen atoms in total. The molecule has 0 spiro atoms. The van der Waals surface area contributed by atoms with Crippen LogP contribution in [0.15, 0.2) is 24.4 Å². The van der Waals surface area contributed by atoms with Crippen molar-refractivity contribution in [2.75, 3.05) is 0 Å². The zero-order valence-corrected chi connectivity index (χ0v) is 11.4. The molecule has 1 unspecified atom stereocenters. The third-order valence-electron chi connectivity index (χ3n) is 3.35. The predicted molar refractivity (Wildman–Crippen MR) is 73.0 cm³/mol. The molecule has 1 atom stereocenters. The maximum Gasteiger partial charge on any atom is 0.0883 e. The highest BCUT2D eigenvalue weighted by Crippen LogP contribution is 2.27. The maximum atomic E-state index is 5.75. The summed E-state index contributed by atoms with van der Waals surface area (Å²) in [5.41, 5.74) is 8.96. The van der Waals surface area contributed by atoms with Crippen LogP contribution in [0.4, 0.5) is 0 Å². The average Bonchev–Trinajstić information content (AvgIpc) is 2.69. The van der Waals surface area contributed by atoms with Crippen LogP contribution in [0, 0.1) is 20.8 Å². The van der Waals surface area contributed by atoms with Crippen LogP contribution in [0.2, 0.25) is 0 Å². The van der Waals surface area contributed by atoms with Crippen molar-refractivity contribution in [1.29, 1.82) is 0 Å². The van der Waals surface area contributed by atoms with E-state index in [4.69, 9.17) is 5.84 Å². The highest BCUT2D eigenvalue weighted by atomic mass is 15.3. The van der Waals surface area contributed by atoms with Gasteiger partial charge in [0.25, 0.3) is 0 Å².